The van der Waals surface area contributed by atoms with Crippen molar-refractivity contribution < 1.29 is 20.5 Å². The zero-order chi connectivity index (χ0) is 24.4. The largest absolute Gasteiger partial charge is 0.507 e. The monoisotopic (exact) mass is 475 g/mol. The lowest BCUT2D eigenvalue weighted by molar-refractivity contribution is 0.0941. The van der Waals surface area contributed by atoms with Crippen molar-refractivity contribution in [2.24, 2.45) is 0 Å². The number of hydrogen-bond acceptors (Lipinski definition) is 7. The Balaban J connectivity index is 0.00000304. The van der Waals surface area contributed by atoms with Crippen LogP contribution in [0, 0.1) is 12.7 Å². The van der Waals surface area contributed by atoms with Crippen LogP contribution in [0.3, 0.4) is 0 Å². The molecule has 0 radical (unpaired) electrons. The molecule has 0 atom stereocenters. The highest BCUT2D eigenvalue weighted by Gasteiger charge is 2.26. The van der Waals surface area contributed by atoms with Crippen molar-refractivity contribution >= 4 is 22.8 Å². The van der Waals surface area contributed by atoms with Gasteiger partial charge in [0, 0.05) is 50.9 Å². The van der Waals surface area contributed by atoms with Gasteiger partial charge in [0.2, 0.25) is 0 Å². The first-order chi connectivity index (χ1) is 17.0. The molecule has 0 unspecified atom stereocenters. The van der Waals surface area contributed by atoms with Crippen molar-refractivity contribution in [1.29, 1.82) is 0 Å². The first-order valence-corrected chi connectivity index (χ1v) is 11.3. The summed E-state index contributed by atoms with van der Waals surface area (Å²) in [5.41, 5.74) is 2.46. The van der Waals surface area contributed by atoms with Crippen LogP contribution in [-0.4, -0.2) is 57.2 Å². The maximum Gasteiger partial charge on any atom is 0.410 e. The number of carbonyl (C=O) groups excluding carboxylic acids is 1. The average Bonchev–Trinajstić information content (AvgIpc) is 2.87. The zero-order valence-electron chi connectivity index (χ0n) is 19.2. The van der Waals surface area contributed by atoms with Gasteiger partial charge in [-0.05, 0) is 42.8 Å². The Hall–Kier alpha value is -4.27. The number of hydrogen-bond donors (Lipinski definition) is 1. The van der Waals surface area contributed by atoms with E-state index in [-0.39, 0.29) is 31.3 Å². The lowest BCUT2D eigenvalue weighted by atomic mass is 10.1. The van der Waals surface area contributed by atoms with Crippen LogP contribution < -0.4 is 4.90 Å². The number of aryl methyl sites for hydroxylation is 1. The van der Waals surface area contributed by atoms with E-state index in [0.717, 1.165) is 16.5 Å². The van der Waals surface area contributed by atoms with Gasteiger partial charge in [-0.2, -0.15) is 0 Å². The average molecular weight is 476 g/mol. The summed E-state index contributed by atoms with van der Waals surface area (Å²) in [7, 11) is 0. The second-order valence-corrected chi connectivity index (χ2v) is 8.42. The number of amides is 1. The zero-order valence-corrected chi connectivity index (χ0v) is 19.2. The summed E-state index contributed by atoms with van der Waals surface area (Å²) in [5, 5.41) is 11.1. The maximum absolute atomic E-state index is 14.6. The van der Waals surface area contributed by atoms with E-state index in [4.69, 9.17) is 4.74 Å². The third-order valence-corrected chi connectivity index (χ3v) is 5.97. The molecule has 0 aliphatic carbocycles. The third-order valence-electron chi connectivity index (χ3n) is 5.97. The number of ether oxygens (including phenoxy) is 1. The summed E-state index contributed by atoms with van der Waals surface area (Å²) < 4.78 is 20.0. The number of nitrogens with zero attached hydrogens (tertiary/aromatic N) is 5. The highest BCUT2D eigenvalue weighted by atomic mass is 19.1. The summed E-state index contributed by atoms with van der Waals surface area (Å²) in [6.07, 6.45) is 2.95. The van der Waals surface area contributed by atoms with Crippen LogP contribution >= 0.6 is 0 Å². The summed E-state index contributed by atoms with van der Waals surface area (Å²) in [6.45, 7) is 4.05. The lowest BCUT2D eigenvalue weighted by Crippen LogP contribution is -2.49. The molecule has 5 rings (SSSR count). The quantitative estimate of drug-likeness (QED) is 0.463. The molecule has 1 aliphatic heterocycles. The number of carbonyl (C=O) groups is 1. The number of aromatic nitrogens is 3. The smallest absolute Gasteiger partial charge is 0.410 e. The number of fused-ring (bicyclic) bond motifs is 1. The van der Waals surface area contributed by atoms with Gasteiger partial charge in [0.15, 0.2) is 5.82 Å². The highest BCUT2D eigenvalue weighted by molar-refractivity contribution is 5.92. The van der Waals surface area contributed by atoms with Crippen molar-refractivity contribution in [2.75, 3.05) is 31.1 Å². The van der Waals surface area contributed by atoms with Gasteiger partial charge in [-0.25, -0.2) is 19.2 Å². The predicted molar refractivity (Wildman–Crippen MR) is 132 cm³/mol. The van der Waals surface area contributed by atoms with E-state index >= 15 is 0 Å². The van der Waals surface area contributed by atoms with Gasteiger partial charge in [0.25, 0.3) is 0 Å². The van der Waals surface area contributed by atoms with Gasteiger partial charge < -0.3 is 19.6 Å². The van der Waals surface area contributed by atoms with E-state index in [2.05, 4.69) is 15.0 Å². The van der Waals surface area contributed by atoms with Crippen LogP contribution in [0.1, 0.15) is 12.6 Å². The molecule has 9 heteroatoms. The Bertz CT molecular complexity index is 1360. The Morgan fingerprint density at radius 2 is 1.94 bits per heavy atom. The first-order valence-electron chi connectivity index (χ1n) is 11.3. The molecule has 0 bridgehead atoms. The molecule has 1 aliphatic rings. The molecule has 0 spiro atoms. The molecular formula is C26H26FN5O3. The third kappa shape index (κ3) is 4.70. The van der Waals surface area contributed by atoms with Crippen molar-refractivity contribution in [3.63, 3.8) is 0 Å². The van der Waals surface area contributed by atoms with Crippen molar-refractivity contribution in [3.8, 4) is 17.1 Å². The van der Waals surface area contributed by atoms with Gasteiger partial charge in [0.05, 0.1) is 11.1 Å². The van der Waals surface area contributed by atoms with Crippen LogP contribution in [0.15, 0.2) is 60.9 Å². The first kappa shape index (κ1) is 22.5. The fourth-order valence-electron chi connectivity index (χ4n) is 4.13. The maximum atomic E-state index is 14.6. The van der Waals surface area contributed by atoms with Crippen LogP contribution in [0.25, 0.3) is 22.3 Å². The summed E-state index contributed by atoms with van der Waals surface area (Å²) in [5.74, 6) is -0.0590. The predicted octanol–water partition coefficient (Wildman–Crippen LogP) is 4.55. The molecule has 2 aromatic carbocycles. The van der Waals surface area contributed by atoms with Crippen LogP contribution in [0.2, 0.25) is 0 Å². The van der Waals surface area contributed by atoms with E-state index in [1.54, 1.807) is 23.4 Å². The molecule has 1 fully saturated rings. The minimum Gasteiger partial charge on any atom is -0.507 e. The summed E-state index contributed by atoms with van der Waals surface area (Å²) >= 11 is 0. The standard InChI is InChI=1S/C26H24FN5O3.H2/c1-17-7-8-19-21(14-17)29-24(23-20(27)5-2-6-22(23)33)30-25(19)31-10-12-32(13-11-31)26(34)35-16-18-4-3-9-28-15-18;/h2-9,14-15,33H,10-13,16H2,1H3;1H. The Labute approximate surface area is 203 Å². The fraction of sp³-hybridized carbons (Fsp3) is 0.231. The van der Waals surface area contributed by atoms with E-state index < -0.39 is 5.82 Å². The van der Waals surface area contributed by atoms with Gasteiger partial charge in [-0.1, -0.05) is 18.2 Å². The highest BCUT2D eigenvalue weighted by Crippen LogP contribution is 2.34. The van der Waals surface area contributed by atoms with E-state index in [1.165, 1.54) is 18.2 Å². The van der Waals surface area contributed by atoms with E-state index in [9.17, 15) is 14.3 Å². The van der Waals surface area contributed by atoms with Gasteiger partial charge >= 0.3 is 6.09 Å². The molecule has 3 heterocycles. The molecule has 8 nitrogen and oxygen atoms in total. The van der Waals surface area contributed by atoms with E-state index in [1.807, 2.05) is 36.1 Å². The number of aromatic hydroxyl groups is 1. The number of rotatable bonds is 4. The molecule has 2 aromatic heterocycles. The van der Waals surface area contributed by atoms with Crippen molar-refractivity contribution in [3.05, 3.63) is 77.9 Å². The fourth-order valence-corrected chi connectivity index (χ4v) is 4.13. The number of pyridine rings is 1. The number of phenolic OH excluding ortho intramolecular Hbond substituents is 1. The topological polar surface area (TPSA) is 91.7 Å². The summed E-state index contributed by atoms with van der Waals surface area (Å²) in [4.78, 5) is 29.5. The molecule has 180 valence electrons. The number of piperazine rings is 1. The molecule has 4 aromatic rings. The second-order valence-electron chi connectivity index (χ2n) is 8.42. The van der Waals surface area contributed by atoms with Crippen LogP contribution in [0.5, 0.6) is 5.75 Å². The Kier molecular flexibility index (Phi) is 6.13. The van der Waals surface area contributed by atoms with Gasteiger partial charge in [0.1, 0.15) is 24.0 Å². The minimum atomic E-state index is -0.593. The normalized spacial score (nSPS) is 13.8. The van der Waals surface area contributed by atoms with Crippen LogP contribution in [-0.2, 0) is 11.3 Å². The molecule has 1 N–H and O–H groups in total. The Morgan fingerprint density at radius 1 is 1.11 bits per heavy atom. The molecule has 1 amide bonds. The number of phenols is 1. The number of halogens is 1. The van der Waals surface area contributed by atoms with Gasteiger partial charge in [-0.15, -0.1) is 0 Å². The Morgan fingerprint density at radius 3 is 2.69 bits per heavy atom. The number of benzene rings is 2. The minimum absolute atomic E-state index is 0. The number of anilines is 1. The van der Waals surface area contributed by atoms with E-state index in [0.29, 0.717) is 37.5 Å². The molecule has 1 saturated heterocycles. The SMILES string of the molecule is Cc1ccc2c(N3CCN(C(=O)OCc4cccnc4)CC3)nc(-c3c(O)cccc3F)nc2c1.[HH]. The van der Waals surface area contributed by atoms with Crippen LogP contribution in [0.4, 0.5) is 15.0 Å². The van der Waals surface area contributed by atoms with Gasteiger partial charge in [-0.3, -0.25) is 4.98 Å². The molecular weight excluding hydrogens is 449 g/mol. The molecule has 35 heavy (non-hydrogen) atoms. The second kappa shape index (κ2) is 9.54. The molecule has 0 saturated carbocycles. The van der Waals surface area contributed by atoms with Crippen molar-refractivity contribution in [1.82, 2.24) is 19.9 Å². The summed E-state index contributed by atoms with van der Waals surface area (Å²) in [6, 6.07) is 13.6. The lowest BCUT2D eigenvalue weighted by Gasteiger charge is -2.35. The van der Waals surface area contributed by atoms with Crippen molar-refractivity contribution in [2.45, 2.75) is 13.5 Å².